The number of para-hydroxylation sites is 2. The molecule has 2 amide bonds. The van der Waals surface area contributed by atoms with E-state index < -0.39 is 5.82 Å². The lowest BCUT2D eigenvalue weighted by Crippen LogP contribution is -2.44. The zero-order chi connectivity index (χ0) is 19.5. The van der Waals surface area contributed by atoms with Gasteiger partial charge in [-0.3, -0.25) is 0 Å². The summed E-state index contributed by atoms with van der Waals surface area (Å²) < 4.78 is 26.3. The Morgan fingerprint density at radius 1 is 1.29 bits per heavy atom. The van der Waals surface area contributed by atoms with E-state index in [0.717, 1.165) is 11.3 Å². The Bertz CT molecular complexity index is 1000. The van der Waals surface area contributed by atoms with Crippen molar-refractivity contribution in [2.75, 3.05) is 19.0 Å². The van der Waals surface area contributed by atoms with Crippen molar-refractivity contribution >= 4 is 11.7 Å². The van der Waals surface area contributed by atoms with Crippen molar-refractivity contribution in [2.24, 2.45) is 0 Å². The van der Waals surface area contributed by atoms with E-state index in [4.69, 9.17) is 9.47 Å². The quantitative estimate of drug-likeness (QED) is 0.727. The van der Waals surface area contributed by atoms with Crippen LogP contribution >= 0.6 is 0 Å². The van der Waals surface area contributed by atoms with Crippen LogP contribution in [0.15, 0.2) is 54.9 Å². The number of amides is 2. The predicted octanol–water partition coefficient (Wildman–Crippen LogP) is 3.15. The van der Waals surface area contributed by atoms with Crippen LogP contribution in [-0.4, -0.2) is 35.6 Å². The normalized spacial score (nSPS) is 15.3. The number of nitrogens with zero attached hydrogens (tertiary/aromatic N) is 2. The van der Waals surface area contributed by atoms with E-state index in [9.17, 15) is 9.18 Å². The van der Waals surface area contributed by atoms with Gasteiger partial charge in [-0.15, -0.1) is 0 Å². The van der Waals surface area contributed by atoms with Crippen molar-refractivity contribution in [3.8, 4) is 17.2 Å². The monoisotopic (exact) mass is 382 g/mol. The number of hydrogen-bond donors (Lipinski definition) is 2. The van der Waals surface area contributed by atoms with Gasteiger partial charge in [-0.25, -0.2) is 13.9 Å². The Hall–Kier alpha value is -3.55. The molecule has 28 heavy (non-hydrogen) atoms. The third-order valence-corrected chi connectivity index (χ3v) is 4.45. The number of anilines is 1. The molecule has 1 unspecified atom stereocenters. The second-order valence-corrected chi connectivity index (χ2v) is 6.38. The van der Waals surface area contributed by atoms with Crippen LogP contribution in [0.2, 0.25) is 0 Å². The molecule has 0 radical (unpaired) electrons. The molecule has 1 aromatic heterocycles. The number of rotatable bonds is 4. The standard InChI is InChI=1S/C20H19FN4O3/c1-27-18-8-4-5-13-9-14(12-28-19(13)18)23-20(26)24-15-10-22-25(11-15)17-7-3-2-6-16(17)21/h2-8,10-11,14H,9,12H2,1H3,(H2,23,24,26). The van der Waals surface area contributed by atoms with Gasteiger partial charge in [0.15, 0.2) is 11.5 Å². The lowest BCUT2D eigenvalue weighted by molar-refractivity contribution is 0.217. The molecule has 2 heterocycles. The summed E-state index contributed by atoms with van der Waals surface area (Å²) in [7, 11) is 1.60. The molecular weight excluding hydrogens is 363 g/mol. The Balaban J connectivity index is 1.38. The van der Waals surface area contributed by atoms with Gasteiger partial charge in [-0.2, -0.15) is 5.10 Å². The lowest BCUT2D eigenvalue weighted by atomic mass is 10.0. The van der Waals surface area contributed by atoms with Crippen LogP contribution in [0.4, 0.5) is 14.9 Å². The molecule has 0 aliphatic carbocycles. The average Bonchev–Trinajstić information content (AvgIpc) is 3.15. The van der Waals surface area contributed by atoms with Crippen LogP contribution in [0.25, 0.3) is 5.69 Å². The second-order valence-electron chi connectivity index (χ2n) is 6.38. The topological polar surface area (TPSA) is 77.4 Å². The van der Waals surface area contributed by atoms with Gasteiger partial charge in [-0.05, 0) is 24.6 Å². The van der Waals surface area contributed by atoms with Crippen LogP contribution in [0, 0.1) is 5.82 Å². The molecule has 0 bridgehead atoms. The van der Waals surface area contributed by atoms with Crippen molar-refractivity contribution in [1.29, 1.82) is 0 Å². The maximum absolute atomic E-state index is 13.8. The van der Waals surface area contributed by atoms with Gasteiger partial charge >= 0.3 is 6.03 Å². The average molecular weight is 382 g/mol. The molecule has 3 aromatic rings. The van der Waals surface area contributed by atoms with Gasteiger partial charge in [0, 0.05) is 5.56 Å². The number of nitrogens with one attached hydrogen (secondary N) is 2. The molecular formula is C20H19FN4O3. The minimum absolute atomic E-state index is 0.179. The fraction of sp³-hybridized carbons (Fsp3) is 0.200. The molecule has 2 N–H and O–H groups in total. The largest absolute Gasteiger partial charge is 0.493 e. The Labute approximate surface area is 161 Å². The van der Waals surface area contributed by atoms with Crippen LogP contribution in [-0.2, 0) is 6.42 Å². The summed E-state index contributed by atoms with van der Waals surface area (Å²) in [5.41, 5.74) is 1.74. The minimum Gasteiger partial charge on any atom is -0.493 e. The fourth-order valence-corrected chi connectivity index (χ4v) is 3.16. The molecule has 144 valence electrons. The molecule has 7 nitrogen and oxygen atoms in total. The van der Waals surface area contributed by atoms with E-state index in [0.29, 0.717) is 30.2 Å². The van der Waals surface area contributed by atoms with E-state index in [1.54, 1.807) is 31.5 Å². The first kappa shape index (κ1) is 17.8. The Morgan fingerprint density at radius 3 is 2.96 bits per heavy atom. The van der Waals surface area contributed by atoms with Crippen LogP contribution < -0.4 is 20.1 Å². The van der Waals surface area contributed by atoms with Gasteiger partial charge in [0.25, 0.3) is 0 Å². The molecule has 0 fully saturated rings. The van der Waals surface area contributed by atoms with E-state index in [1.807, 2.05) is 18.2 Å². The number of aromatic nitrogens is 2. The molecule has 1 aliphatic rings. The van der Waals surface area contributed by atoms with Gasteiger partial charge in [0.05, 0.1) is 31.2 Å². The molecule has 2 aromatic carbocycles. The number of hydrogen-bond acceptors (Lipinski definition) is 4. The van der Waals surface area contributed by atoms with Crippen molar-refractivity contribution in [3.63, 3.8) is 0 Å². The lowest BCUT2D eigenvalue weighted by Gasteiger charge is -2.27. The highest BCUT2D eigenvalue weighted by atomic mass is 19.1. The third kappa shape index (κ3) is 3.62. The van der Waals surface area contributed by atoms with Crippen molar-refractivity contribution in [3.05, 3.63) is 66.2 Å². The smallest absolute Gasteiger partial charge is 0.319 e. The number of benzene rings is 2. The van der Waals surface area contributed by atoms with Gasteiger partial charge in [-0.1, -0.05) is 24.3 Å². The first-order chi connectivity index (χ1) is 13.6. The highest BCUT2D eigenvalue weighted by Crippen LogP contribution is 2.34. The first-order valence-electron chi connectivity index (χ1n) is 8.80. The molecule has 1 atom stereocenters. The van der Waals surface area contributed by atoms with Crippen molar-refractivity contribution < 1.29 is 18.7 Å². The third-order valence-electron chi connectivity index (χ3n) is 4.45. The fourth-order valence-electron chi connectivity index (χ4n) is 3.16. The molecule has 1 aliphatic heterocycles. The van der Waals surface area contributed by atoms with Gasteiger partial charge in [0.1, 0.15) is 18.1 Å². The number of carbonyl (C=O) groups excluding carboxylic acids is 1. The highest BCUT2D eigenvalue weighted by molar-refractivity contribution is 5.89. The number of urea groups is 1. The summed E-state index contributed by atoms with van der Waals surface area (Å²) in [6, 6.07) is 11.4. The first-order valence-corrected chi connectivity index (χ1v) is 8.80. The molecule has 0 spiro atoms. The van der Waals surface area contributed by atoms with Gasteiger partial charge < -0.3 is 20.1 Å². The second kappa shape index (κ2) is 7.59. The SMILES string of the molecule is COc1cccc2c1OCC(NC(=O)Nc1cnn(-c3ccccc3F)c1)C2. The molecule has 4 rings (SSSR count). The summed E-state index contributed by atoms with van der Waals surface area (Å²) in [6.45, 7) is 0.343. The summed E-state index contributed by atoms with van der Waals surface area (Å²) in [5.74, 6) is 1.01. The number of ether oxygens (including phenoxy) is 2. The van der Waals surface area contributed by atoms with Crippen molar-refractivity contribution in [1.82, 2.24) is 15.1 Å². The summed E-state index contributed by atoms with van der Waals surface area (Å²) in [5, 5.41) is 9.68. The number of fused-ring (bicyclic) bond motifs is 1. The summed E-state index contributed by atoms with van der Waals surface area (Å²) in [4.78, 5) is 12.3. The van der Waals surface area contributed by atoms with E-state index in [-0.39, 0.29) is 12.1 Å². The van der Waals surface area contributed by atoms with Crippen LogP contribution in [0.5, 0.6) is 11.5 Å². The molecule has 0 saturated carbocycles. The maximum Gasteiger partial charge on any atom is 0.319 e. The van der Waals surface area contributed by atoms with Crippen molar-refractivity contribution in [2.45, 2.75) is 12.5 Å². The van der Waals surface area contributed by atoms with E-state index in [2.05, 4.69) is 15.7 Å². The summed E-state index contributed by atoms with van der Waals surface area (Å²) >= 11 is 0. The number of carbonyl (C=O) groups is 1. The molecule has 8 heteroatoms. The minimum atomic E-state index is -0.393. The van der Waals surface area contributed by atoms with Crippen LogP contribution in [0.3, 0.4) is 0 Å². The zero-order valence-corrected chi connectivity index (χ0v) is 15.2. The zero-order valence-electron chi connectivity index (χ0n) is 15.2. The summed E-state index contributed by atoms with van der Waals surface area (Å²) in [6.07, 6.45) is 3.65. The highest BCUT2D eigenvalue weighted by Gasteiger charge is 2.24. The maximum atomic E-state index is 13.8. The molecule has 0 saturated heterocycles. The van der Waals surface area contributed by atoms with Crippen LogP contribution in [0.1, 0.15) is 5.56 Å². The number of halogens is 1. The van der Waals surface area contributed by atoms with E-state index in [1.165, 1.54) is 16.9 Å². The number of methoxy groups -OCH3 is 1. The Kier molecular flexibility index (Phi) is 4.84. The Morgan fingerprint density at radius 2 is 2.14 bits per heavy atom. The predicted molar refractivity (Wildman–Crippen MR) is 102 cm³/mol. The van der Waals surface area contributed by atoms with E-state index >= 15 is 0 Å². The van der Waals surface area contributed by atoms with Gasteiger partial charge in [0.2, 0.25) is 0 Å².